The number of aromatic nitrogens is 2. The Hall–Kier alpha value is -1.23. The molecule has 17 heavy (non-hydrogen) atoms. The van der Waals surface area contributed by atoms with Gasteiger partial charge in [0.2, 0.25) is 5.89 Å². The van der Waals surface area contributed by atoms with E-state index in [1.807, 2.05) is 0 Å². The predicted octanol–water partition coefficient (Wildman–Crippen LogP) is 1.36. The van der Waals surface area contributed by atoms with Gasteiger partial charge in [0.15, 0.2) is 5.82 Å². The average molecular weight is 235 g/mol. The van der Waals surface area contributed by atoms with Crippen LogP contribution < -0.4 is 0 Å². The Kier molecular flexibility index (Phi) is 2.93. The lowest BCUT2D eigenvalue weighted by Gasteiger charge is -2.28. The molecule has 1 aromatic rings. The fourth-order valence-corrected chi connectivity index (χ4v) is 2.38. The van der Waals surface area contributed by atoms with Gasteiger partial charge in [-0.05, 0) is 32.2 Å². The Morgan fingerprint density at radius 3 is 3.06 bits per heavy atom. The van der Waals surface area contributed by atoms with Crippen LogP contribution in [0.1, 0.15) is 43.3 Å². The molecular formula is C12H17N3O2. The normalized spacial score (nSPS) is 26.0. The Bertz CT molecular complexity index is 400. The van der Waals surface area contributed by atoms with Crippen LogP contribution in [0, 0.1) is 5.92 Å². The Morgan fingerprint density at radius 1 is 1.41 bits per heavy atom. The van der Waals surface area contributed by atoms with Crippen LogP contribution in [-0.4, -0.2) is 34.4 Å². The first kappa shape index (κ1) is 10.9. The fourth-order valence-electron chi connectivity index (χ4n) is 2.38. The summed E-state index contributed by atoms with van der Waals surface area (Å²) >= 11 is 0. The summed E-state index contributed by atoms with van der Waals surface area (Å²) in [5.74, 6) is 2.27. The van der Waals surface area contributed by atoms with E-state index in [9.17, 15) is 4.79 Å². The molecule has 1 aliphatic heterocycles. The van der Waals surface area contributed by atoms with E-state index in [4.69, 9.17) is 4.52 Å². The molecule has 0 N–H and O–H groups in total. The van der Waals surface area contributed by atoms with Crippen molar-refractivity contribution in [2.75, 3.05) is 13.1 Å². The number of aldehydes is 1. The van der Waals surface area contributed by atoms with E-state index >= 15 is 0 Å². The minimum absolute atomic E-state index is 0.176. The van der Waals surface area contributed by atoms with E-state index in [0.717, 1.165) is 38.0 Å². The number of hydrogen-bond donors (Lipinski definition) is 0. The van der Waals surface area contributed by atoms with E-state index in [1.54, 1.807) is 0 Å². The van der Waals surface area contributed by atoms with Crippen molar-refractivity contribution < 1.29 is 9.32 Å². The van der Waals surface area contributed by atoms with Gasteiger partial charge in [0, 0.05) is 18.4 Å². The third kappa shape index (κ3) is 2.54. The predicted molar refractivity (Wildman–Crippen MR) is 60.3 cm³/mol. The molecule has 0 bridgehead atoms. The zero-order chi connectivity index (χ0) is 11.7. The number of carbonyl (C=O) groups is 1. The highest BCUT2D eigenvalue weighted by Crippen LogP contribution is 2.38. The van der Waals surface area contributed by atoms with Crippen molar-refractivity contribution in [3.63, 3.8) is 0 Å². The minimum atomic E-state index is 0.176. The molecule has 92 valence electrons. The molecule has 1 saturated heterocycles. The van der Waals surface area contributed by atoms with E-state index in [1.165, 1.54) is 12.8 Å². The third-order valence-electron chi connectivity index (χ3n) is 3.52. The largest absolute Gasteiger partial charge is 0.338 e. The molecule has 0 amide bonds. The molecule has 2 aliphatic rings. The van der Waals surface area contributed by atoms with Gasteiger partial charge < -0.3 is 9.32 Å². The molecule has 2 heterocycles. The van der Waals surface area contributed by atoms with Crippen molar-refractivity contribution in [2.45, 2.75) is 38.1 Å². The maximum absolute atomic E-state index is 10.8. The minimum Gasteiger partial charge on any atom is -0.338 e. The van der Waals surface area contributed by atoms with Crippen molar-refractivity contribution in [3.05, 3.63) is 11.7 Å². The summed E-state index contributed by atoms with van der Waals surface area (Å²) in [6, 6.07) is 0. The highest BCUT2D eigenvalue weighted by Gasteiger charge is 2.29. The monoisotopic (exact) mass is 235 g/mol. The lowest BCUT2D eigenvalue weighted by molar-refractivity contribution is -0.112. The molecule has 1 atom stereocenters. The molecule has 5 nitrogen and oxygen atoms in total. The number of rotatable bonds is 4. The molecule has 1 aromatic heterocycles. The summed E-state index contributed by atoms with van der Waals surface area (Å²) in [5, 5.41) is 4.00. The summed E-state index contributed by atoms with van der Waals surface area (Å²) in [6.45, 7) is 2.53. The smallest absolute Gasteiger partial charge is 0.240 e. The van der Waals surface area contributed by atoms with Crippen LogP contribution >= 0.6 is 0 Å². The molecular weight excluding hydrogens is 218 g/mol. The molecule has 1 aliphatic carbocycles. The van der Waals surface area contributed by atoms with Gasteiger partial charge in [0.1, 0.15) is 6.29 Å². The maximum atomic E-state index is 10.8. The third-order valence-corrected chi connectivity index (χ3v) is 3.52. The molecule has 5 heteroatoms. The quantitative estimate of drug-likeness (QED) is 0.737. The molecule has 3 rings (SSSR count). The van der Waals surface area contributed by atoms with Gasteiger partial charge in [-0.15, -0.1) is 0 Å². The molecule has 1 saturated carbocycles. The summed E-state index contributed by atoms with van der Waals surface area (Å²) in [5.41, 5.74) is 0. The van der Waals surface area contributed by atoms with Crippen molar-refractivity contribution in [3.8, 4) is 0 Å². The summed E-state index contributed by atoms with van der Waals surface area (Å²) in [7, 11) is 0. The lowest BCUT2D eigenvalue weighted by atomic mass is 10.00. The van der Waals surface area contributed by atoms with Crippen molar-refractivity contribution in [1.82, 2.24) is 15.0 Å². The first-order valence-electron chi connectivity index (χ1n) is 6.35. The second-order valence-electron chi connectivity index (χ2n) is 5.09. The van der Waals surface area contributed by atoms with Crippen molar-refractivity contribution >= 4 is 6.29 Å². The van der Waals surface area contributed by atoms with Gasteiger partial charge in [0.25, 0.3) is 0 Å². The summed E-state index contributed by atoms with van der Waals surface area (Å²) in [6.07, 6.45) is 5.53. The number of piperidine rings is 1. The molecule has 2 fully saturated rings. The number of likely N-dealkylation sites (tertiary alicyclic amines) is 1. The second-order valence-corrected chi connectivity index (χ2v) is 5.09. The van der Waals surface area contributed by atoms with E-state index in [-0.39, 0.29) is 5.92 Å². The second kappa shape index (κ2) is 4.56. The van der Waals surface area contributed by atoms with Crippen LogP contribution in [0.25, 0.3) is 0 Å². The maximum Gasteiger partial charge on any atom is 0.240 e. The zero-order valence-electron chi connectivity index (χ0n) is 9.84. The van der Waals surface area contributed by atoms with Gasteiger partial charge in [-0.1, -0.05) is 5.16 Å². The van der Waals surface area contributed by atoms with Crippen molar-refractivity contribution in [1.29, 1.82) is 0 Å². The lowest BCUT2D eigenvalue weighted by Crippen LogP contribution is -2.35. The Labute approximate surface area is 100 Å². The van der Waals surface area contributed by atoms with E-state index in [2.05, 4.69) is 15.0 Å². The molecule has 1 unspecified atom stereocenters. The van der Waals surface area contributed by atoms with Gasteiger partial charge in [0.05, 0.1) is 6.54 Å². The molecule has 0 aromatic carbocycles. The van der Waals surface area contributed by atoms with Gasteiger partial charge in [-0.25, -0.2) is 0 Å². The Balaban J connectivity index is 1.59. The first-order valence-corrected chi connectivity index (χ1v) is 6.35. The highest BCUT2D eigenvalue weighted by atomic mass is 16.5. The SMILES string of the molecule is O=CC1CCCN(Cc2nc(C3CC3)no2)C1. The highest BCUT2D eigenvalue weighted by molar-refractivity contribution is 5.53. The summed E-state index contributed by atoms with van der Waals surface area (Å²) < 4.78 is 5.25. The standard InChI is InChI=1S/C12H17N3O2/c16-8-9-2-1-5-15(6-9)7-11-13-12(14-17-11)10-3-4-10/h8-10H,1-7H2. The van der Waals surface area contributed by atoms with Gasteiger partial charge in [-0.3, -0.25) is 4.90 Å². The number of hydrogen-bond acceptors (Lipinski definition) is 5. The topological polar surface area (TPSA) is 59.2 Å². The first-order chi connectivity index (χ1) is 8.35. The number of carbonyl (C=O) groups excluding carboxylic acids is 1. The van der Waals surface area contributed by atoms with Crippen LogP contribution in [0.15, 0.2) is 4.52 Å². The molecule has 0 radical (unpaired) electrons. The van der Waals surface area contributed by atoms with Crippen LogP contribution in [0.4, 0.5) is 0 Å². The summed E-state index contributed by atoms with van der Waals surface area (Å²) in [4.78, 5) is 17.4. The number of nitrogens with zero attached hydrogens (tertiary/aromatic N) is 3. The zero-order valence-corrected chi connectivity index (χ0v) is 9.84. The van der Waals surface area contributed by atoms with Gasteiger partial charge >= 0.3 is 0 Å². The van der Waals surface area contributed by atoms with Crippen LogP contribution in [-0.2, 0) is 11.3 Å². The average Bonchev–Trinajstić information content (AvgIpc) is 3.11. The molecule has 0 spiro atoms. The van der Waals surface area contributed by atoms with E-state index < -0.39 is 0 Å². The van der Waals surface area contributed by atoms with Gasteiger partial charge in [-0.2, -0.15) is 4.98 Å². The van der Waals surface area contributed by atoms with Crippen molar-refractivity contribution in [2.24, 2.45) is 5.92 Å². The van der Waals surface area contributed by atoms with Crippen LogP contribution in [0.3, 0.4) is 0 Å². The van der Waals surface area contributed by atoms with Crippen LogP contribution in [0.2, 0.25) is 0 Å². The Morgan fingerprint density at radius 2 is 2.29 bits per heavy atom. The van der Waals surface area contributed by atoms with E-state index in [0.29, 0.717) is 18.4 Å². The van der Waals surface area contributed by atoms with Crippen LogP contribution in [0.5, 0.6) is 0 Å². The fraction of sp³-hybridized carbons (Fsp3) is 0.750.